The normalized spacial score (nSPS) is 66.7. The summed E-state index contributed by atoms with van der Waals surface area (Å²) in [5, 5.41) is 0. The molecule has 3 fully saturated rings. The Bertz CT molecular complexity index is 341. The Hall–Kier alpha value is -0.520. The van der Waals surface area contributed by atoms with Gasteiger partial charge in [-0.25, -0.2) is 0 Å². The van der Waals surface area contributed by atoms with E-state index in [1.807, 2.05) is 0 Å². The molecule has 8 atom stereocenters. The summed E-state index contributed by atoms with van der Waals surface area (Å²) in [6.07, 6.45) is 14.8. The molecule has 0 spiro atoms. The van der Waals surface area contributed by atoms with Gasteiger partial charge in [0.15, 0.2) is 0 Å². The molecule has 0 aromatic carbocycles. The van der Waals surface area contributed by atoms with Gasteiger partial charge in [-0.1, -0.05) is 24.3 Å². The summed E-state index contributed by atoms with van der Waals surface area (Å²) in [4.78, 5) is 0. The summed E-state index contributed by atoms with van der Waals surface area (Å²) in [6.45, 7) is 0. The molecule has 0 radical (unpaired) electrons. The molecule has 0 heteroatoms. The molecule has 0 aliphatic heterocycles. The SMILES string of the molecule is C1=C[C@H]2C[C@@H]1[C@H]1C[C@H]3[C@@H]([C@H]12)[C@@H]1C=C[C@H]3C1. The highest BCUT2D eigenvalue weighted by Crippen LogP contribution is 2.67. The van der Waals surface area contributed by atoms with Crippen LogP contribution in [0.3, 0.4) is 0 Å². The van der Waals surface area contributed by atoms with Crippen LogP contribution in [0.4, 0.5) is 0 Å². The summed E-state index contributed by atoms with van der Waals surface area (Å²) in [5.74, 6) is 8.36. The van der Waals surface area contributed by atoms with Gasteiger partial charge in [-0.2, -0.15) is 0 Å². The second-order valence-corrected chi connectivity index (χ2v) is 6.61. The van der Waals surface area contributed by atoms with Crippen molar-refractivity contribution in [3.8, 4) is 0 Å². The Balaban J connectivity index is 1.61. The van der Waals surface area contributed by atoms with Crippen molar-refractivity contribution in [2.45, 2.75) is 19.3 Å². The van der Waals surface area contributed by atoms with Crippen LogP contribution in [0.15, 0.2) is 24.3 Å². The van der Waals surface area contributed by atoms with Crippen LogP contribution in [0, 0.1) is 47.3 Å². The second-order valence-electron chi connectivity index (χ2n) is 6.61. The Morgan fingerprint density at radius 2 is 1.00 bits per heavy atom. The maximum Gasteiger partial charge on any atom is -0.0194 e. The molecule has 0 unspecified atom stereocenters. The fraction of sp³-hybridized carbons (Fsp3) is 0.733. The predicted molar refractivity (Wildman–Crippen MR) is 60.1 cm³/mol. The second kappa shape index (κ2) is 2.26. The van der Waals surface area contributed by atoms with Gasteiger partial charge in [0.25, 0.3) is 0 Å². The van der Waals surface area contributed by atoms with Crippen LogP contribution in [-0.2, 0) is 0 Å². The van der Waals surface area contributed by atoms with Gasteiger partial charge < -0.3 is 0 Å². The standard InChI is InChI=1S/C15H18/c1-3-10-5-8(1)12-7-13-9-2-4-11(6-9)15(13)14(10)12/h1-4,8-15H,5-7H2/t8-,9+,10+,11-,12-,13-,14+,15+/m1/s1. The fourth-order valence-corrected chi connectivity index (χ4v) is 6.05. The smallest absolute Gasteiger partial charge is 0.0194 e. The summed E-state index contributed by atoms with van der Waals surface area (Å²) in [7, 11) is 0. The highest BCUT2D eigenvalue weighted by Gasteiger charge is 2.61. The van der Waals surface area contributed by atoms with Crippen LogP contribution in [0.5, 0.6) is 0 Å². The molecule has 0 amide bonds. The lowest BCUT2D eigenvalue weighted by molar-refractivity contribution is 0.238. The number of hydrogen-bond acceptors (Lipinski definition) is 0. The minimum Gasteiger partial charge on any atom is -0.0848 e. The lowest BCUT2D eigenvalue weighted by Gasteiger charge is -2.29. The van der Waals surface area contributed by atoms with Gasteiger partial charge >= 0.3 is 0 Å². The Morgan fingerprint density at radius 3 is 1.53 bits per heavy atom. The molecular weight excluding hydrogens is 180 g/mol. The van der Waals surface area contributed by atoms with E-state index in [9.17, 15) is 0 Å². The Morgan fingerprint density at radius 1 is 0.533 bits per heavy atom. The molecule has 0 aromatic rings. The van der Waals surface area contributed by atoms with Gasteiger partial charge in [-0.3, -0.25) is 0 Å². The van der Waals surface area contributed by atoms with Crippen molar-refractivity contribution in [1.82, 2.24) is 0 Å². The van der Waals surface area contributed by atoms with Crippen LogP contribution in [0.2, 0.25) is 0 Å². The molecule has 0 N–H and O–H groups in total. The number of allylic oxidation sites excluding steroid dienone is 4. The molecule has 5 aliphatic carbocycles. The van der Waals surface area contributed by atoms with E-state index in [0.29, 0.717) is 0 Å². The van der Waals surface area contributed by atoms with Gasteiger partial charge in [-0.05, 0) is 66.6 Å². The summed E-state index contributed by atoms with van der Waals surface area (Å²) in [6, 6.07) is 0. The number of rotatable bonds is 0. The lowest BCUT2D eigenvalue weighted by Crippen LogP contribution is -2.24. The van der Waals surface area contributed by atoms with Gasteiger partial charge in [0.1, 0.15) is 0 Å². The monoisotopic (exact) mass is 198 g/mol. The maximum absolute atomic E-state index is 2.56. The lowest BCUT2D eigenvalue weighted by atomic mass is 9.75. The number of fused-ring (bicyclic) bond motifs is 11. The zero-order valence-electron chi connectivity index (χ0n) is 9.05. The van der Waals surface area contributed by atoms with E-state index >= 15 is 0 Å². The molecule has 0 saturated heterocycles. The first-order valence-electron chi connectivity index (χ1n) is 6.78. The topological polar surface area (TPSA) is 0 Å². The van der Waals surface area contributed by atoms with Gasteiger partial charge in [0.05, 0.1) is 0 Å². The molecular formula is C15H18. The fourth-order valence-electron chi connectivity index (χ4n) is 6.05. The molecule has 0 nitrogen and oxygen atoms in total. The Labute approximate surface area is 91.4 Å². The van der Waals surface area contributed by atoms with Crippen molar-refractivity contribution < 1.29 is 0 Å². The predicted octanol–water partition coefficient (Wildman–Crippen LogP) is 3.27. The van der Waals surface area contributed by atoms with E-state index in [1.54, 1.807) is 6.42 Å². The van der Waals surface area contributed by atoms with Crippen LogP contribution in [0.1, 0.15) is 19.3 Å². The maximum atomic E-state index is 2.56. The van der Waals surface area contributed by atoms with E-state index in [4.69, 9.17) is 0 Å². The van der Waals surface area contributed by atoms with Crippen LogP contribution in [0.25, 0.3) is 0 Å². The number of hydrogen-bond donors (Lipinski definition) is 0. The van der Waals surface area contributed by atoms with Crippen molar-refractivity contribution in [2.75, 3.05) is 0 Å². The van der Waals surface area contributed by atoms with Crippen LogP contribution < -0.4 is 0 Å². The van der Waals surface area contributed by atoms with Gasteiger partial charge in [0, 0.05) is 0 Å². The summed E-state index contributed by atoms with van der Waals surface area (Å²) < 4.78 is 0. The quantitative estimate of drug-likeness (QED) is 0.524. The highest BCUT2D eigenvalue weighted by molar-refractivity contribution is 5.24. The van der Waals surface area contributed by atoms with E-state index in [0.717, 1.165) is 47.3 Å². The third kappa shape index (κ3) is 0.726. The van der Waals surface area contributed by atoms with Gasteiger partial charge in [-0.15, -0.1) is 0 Å². The third-order valence-electron chi connectivity index (χ3n) is 6.37. The minimum absolute atomic E-state index is 0.989. The molecule has 5 aliphatic rings. The molecule has 15 heavy (non-hydrogen) atoms. The Kier molecular flexibility index (Phi) is 1.16. The zero-order valence-corrected chi connectivity index (χ0v) is 9.05. The zero-order chi connectivity index (χ0) is 9.57. The molecule has 3 saturated carbocycles. The van der Waals surface area contributed by atoms with E-state index in [-0.39, 0.29) is 0 Å². The molecule has 78 valence electrons. The van der Waals surface area contributed by atoms with Crippen molar-refractivity contribution >= 4 is 0 Å². The van der Waals surface area contributed by atoms with Crippen molar-refractivity contribution in [1.29, 1.82) is 0 Å². The van der Waals surface area contributed by atoms with E-state index in [1.165, 1.54) is 12.8 Å². The average molecular weight is 198 g/mol. The molecule has 4 bridgehead atoms. The first kappa shape index (κ1) is 7.70. The first-order valence-corrected chi connectivity index (χ1v) is 6.78. The van der Waals surface area contributed by atoms with E-state index in [2.05, 4.69) is 24.3 Å². The van der Waals surface area contributed by atoms with Crippen molar-refractivity contribution in [3.63, 3.8) is 0 Å². The molecule has 5 rings (SSSR count). The summed E-state index contributed by atoms with van der Waals surface area (Å²) >= 11 is 0. The molecule has 0 heterocycles. The van der Waals surface area contributed by atoms with E-state index < -0.39 is 0 Å². The highest BCUT2D eigenvalue weighted by atomic mass is 14.6. The third-order valence-corrected chi connectivity index (χ3v) is 6.37. The first-order chi connectivity index (χ1) is 7.42. The molecule has 0 aromatic heterocycles. The largest absolute Gasteiger partial charge is 0.0848 e. The van der Waals surface area contributed by atoms with Gasteiger partial charge in [0.2, 0.25) is 0 Å². The van der Waals surface area contributed by atoms with Crippen LogP contribution in [-0.4, -0.2) is 0 Å². The average Bonchev–Trinajstić information content (AvgIpc) is 3.02. The van der Waals surface area contributed by atoms with Crippen molar-refractivity contribution in [3.05, 3.63) is 24.3 Å². The van der Waals surface area contributed by atoms with Crippen molar-refractivity contribution in [2.24, 2.45) is 47.3 Å². The minimum atomic E-state index is 0.989. The summed E-state index contributed by atoms with van der Waals surface area (Å²) in [5.41, 5.74) is 0. The van der Waals surface area contributed by atoms with Crippen LogP contribution >= 0.6 is 0 Å².